The van der Waals surface area contributed by atoms with Crippen LogP contribution >= 0.6 is 11.8 Å². The lowest BCUT2D eigenvalue weighted by atomic mass is 9.87. The molecule has 192 valence electrons. The molecule has 1 amide bonds. The summed E-state index contributed by atoms with van der Waals surface area (Å²) in [6.45, 7) is 11.7. The molecule has 0 bridgehead atoms. The number of aromatic nitrogens is 2. The van der Waals surface area contributed by atoms with Crippen molar-refractivity contribution in [3.8, 4) is 11.4 Å². The number of hydrogen-bond donors (Lipinski definition) is 1. The molecule has 1 aliphatic heterocycles. The van der Waals surface area contributed by atoms with Crippen molar-refractivity contribution >= 4 is 17.7 Å². The zero-order valence-electron chi connectivity index (χ0n) is 21.9. The molecule has 36 heavy (non-hydrogen) atoms. The van der Waals surface area contributed by atoms with Crippen LogP contribution in [-0.2, 0) is 16.8 Å². The third-order valence-electron chi connectivity index (χ3n) is 6.62. The summed E-state index contributed by atoms with van der Waals surface area (Å²) in [6.07, 6.45) is 2.88. The first kappa shape index (κ1) is 26.4. The van der Waals surface area contributed by atoms with Gasteiger partial charge in [-0.15, -0.1) is 11.8 Å². The highest BCUT2D eigenvalue weighted by molar-refractivity contribution is 7.99. The summed E-state index contributed by atoms with van der Waals surface area (Å²) >= 11 is 1.84. The standard InChI is InChI=1S/C29H38N4O2S/c1-21-8-14-25(15-9-21)36-18-6-16-30-28(34)23-7-5-17-33(19-23)20-26-31-27(32-35-26)22-10-12-24(13-11-22)29(2,3)4/h8-15,23H,5-7,16-20H2,1-4H3,(H,30,34). The highest BCUT2D eigenvalue weighted by Crippen LogP contribution is 2.25. The van der Waals surface area contributed by atoms with Crippen LogP contribution in [-0.4, -0.2) is 46.3 Å². The topological polar surface area (TPSA) is 71.3 Å². The first-order chi connectivity index (χ1) is 17.3. The van der Waals surface area contributed by atoms with Gasteiger partial charge in [0.2, 0.25) is 17.6 Å². The Bertz CT molecular complexity index is 1120. The molecule has 2 heterocycles. The van der Waals surface area contributed by atoms with E-state index >= 15 is 0 Å². The average molecular weight is 507 g/mol. The van der Waals surface area contributed by atoms with Crippen LogP contribution in [0.4, 0.5) is 0 Å². The molecule has 0 aliphatic carbocycles. The Morgan fingerprint density at radius 1 is 1.14 bits per heavy atom. The molecule has 1 atom stereocenters. The summed E-state index contributed by atoms with van der Waals surface area (Å²) in [5.41, 5.74) is 3.61. The molecule has 0 saturated carbocycles. The number of benzene rings is 2. The highest BCUT2D eigenvalue weighted by Gasteiger charge is 2.26. The summed E-state index contributed by atoms with van der Waals surface area (Å²) in [5.74, 6) is 2.37. The van der Waals surface area contributed by atoms with Crippen molar-refractivity contribution in [2.45, 2.75) is 63.8 Å². The van der Waals surface area contributed by atoms with Gasteiger partial charge >= 0.3 is 0 Å². The molecule has 4 rings (SSSR count). The van der Waals surface area contributed by atoms with Crippen molar-refractivity contribution < 1.29 is 9.32 Å². The maximum absolute atomic E-state index is 12.8. The number of thioether (sulfide) groups is 1. The molecule has 7 heteroatoms. The van der Waals surface area contributed by atoms with E-state index in [1.165, 1.54) is 16.0 Å². The average Bonchev–Trinajstić information content (AvgIpc) is 3.33. The number of carbonyl (C=O) groups excluding carboxylic acids is 1. The zero-order valence-corrected chi connectivity index (χ0v) is 22.7. The fourth-order valence-corrected chi connectivity index (χ4v) is 5.27. The maximum atomic E-state index is 12.8. The Labute approximate surface area is 219 Å². The highest BCUT2D eigenvalue weighted by atomic mass is 32.2. The van der Waals surface area contributed by atoms with Crippen LogP contribution in [0.15, 0.2) is 57.9 Å². The minimum atomic E-state index is 0.0100. The van der Waals surface area contributed by atoms with E-state index in [1.807, 2.05) is 11.8 Å². The third-order valence-corrected chi connectivity index (χ3v) is 7.72. The number of aryl methyl sites for hydroxylation is 1. The van der Waals surface area contributed by atoms with Gasteiger partial charge in [0, 0.05) is 23.5 Å². The summed E-state index contributed by atoms with van der Waals surface area (Å²) in [6, 6.07) is 16.9. The first-order valence-corrected chi connectivity index (χ1v) is 13.9. The van der Waals surface area contributed by atoms with E-state index in [0.717, 1.165) is 50.2 Å². The van der Waals surface area contributed by atoms with Crippen molar-refractivity contribution in [3.05, 3.63) is 65.5 Å². The third kappa shape index (κ3) is 7.43. The smallest absolute Gasteiger partial charge is 0.241 e. The van der Waals surface area contributed by atoms with E-state index in [9.17, 15) is 4.79 Å². The Morgan fingerprint density at radius 2 is 1.89 bits per heavy atom. The molecule has 1 aliphatic rings. The van der Waals surface area contributed by atoms with Crippen molar-refractivity contribution in [3.63, 3.8) is 0 Å². The van der Waals surface area contributed by atoms with Crippen LogP contribution in [0.3, 0.4) is 0 Å². The van der Waals surface area contributed by atoms with Gasteiger partial charge in [0.15, 0.2) is 0 Å². The van der Waals surface area contributed by atoms with Gasteiger partial charge in [-0.3, -0.25) is 9.69 Å². The zero-order chi connectivity index (χ0) is 25.5. The monoisotopic (exact) mass is 506 g/mol. The van der Waals surface area contributed by atoms with E-state index in [0.29, 0.717) is 18.3 Å². The fraction of sp³-hybridized carbons (Fsp3) is 0.483. The Kier molecular flexibility index (Phi) is 8.86. The number of carbonyl (C=O) groups is 1. The van der Waals surface area contributed by atoms with Gasteiger partial charge in [0.1, 0.15) is 0 Å². The number of nitrogens with one attached hydrogen (secondary N) is 1. The number of amides is 1. The SMILES string of the molecule is Cc1ccc(SCCCNC(=O)C2CCCN(Cc3nc(-c4ccc(C(C)(C)C)cc4)no3)C2)cc1. The second-order valence-corrected chi connectivity index (χ2v) is 11.9. The Hall–Kier alpha value is -2.64. The molecule has 1 fully saturated rings. The molecule has 3 aromatic rings. The van der Waals surface area contributed by atoms with Crippen LogP contribution in [0.25, 0.3) is 11.4 Å². The fourth-order valence-electron chi connectivity index (χ4n) is 4.41. The molecule has 1 unspecified atom stereocenters. The lowest BCUT2D eigenvalue weighted by molar-refractivity contribution is -0.126. The summed E-state index contributed by atoms with van der Waals surface area (Å²) in [5, 5.41) is 7.33. The second kappa shape index (κ2) is 12.1. The molecule has 0 radical (unpaired) electrons. The summed E-state index contributed by atoms with van der Waals surface area (Å²) < 4.78 is 5.54. The molecule has 0 spiro atoms. The molecular weight excluding hydrogens is 468 g/mol. The minimum Gasteiger partial charge on any atom is -0.356 e. The number of hydrogen-bond acceptors (Lipinski definition) is 6. The van der Waals surface area contributed by atoms with Crippen LogP contribution in [0.2, 0.25) is 0 Å². The number of nitrogens with zero attached hydrogens (tertiary/aromatic N) is 3. The van der Waals surface area contributed by atoms with E-state index in [4.69, 9.17) is 4.52 Å². The lowest BCUT2D eigenvalue weighted by Crippen LogP contribution is -2.43. The van der Waals surface area contributed by atoms with Crippen molar-refractivity contribution in [1.29, 1.82) is 0 Å². The van der Waals surface area contributed by atoms with Gasteiger partial charge in [-0.05, 0) is 61.6 Å². The second-order valence-electron chi connectivity index (χ2n) is 10.7. The van der Waals surface area contributed by atoms with Gasteiger partial charge < -0.3 is 9.84 Å². The molecule has 2 aromatic carbocycles. The molecule has 1 aromatic heterocycles. The van der Waals surface area contributed by atoms with E-state index in [1.54, 1.807) is 0 Å². The van der Waals surface area contributed by atoms with E-state index in [-0.39, 0.29) is 17.2 Å². The van der Waals surface area contributed by atoms with E-state index < -0.39 is 0 Å². The van der Waals surface area contributed by atoms with Gasteiger partial charge in [0.05, 0.1) is 12.5 Å². The molecule has 1 N–H and O–H groups in total. The molecule has 1 saturated heterocycles. The predicted molar refractivity (Wildman–Crippen MR) is 146 cm³/mol. The molecular formula is C29H38N4O2S. The number of piperidine rings is 1. The maximum Gasteiger partial charge on any atom is 0.241 e. The van der Waals surface area contributed by atoms with Crippen molar-refractivity contribution in [1.82, 2.24) is 20.4 Å². The largest absolute Gasteiger partial charge is 0.356 e. The van der Waals surface area contributed by atoms with Crippen molar-refractivity contribution in [2.24, 2.45) is 5.92 Å². The summed E-state index contributed by atoms with van der Waals surface area (Å²) in [4.78, 5) is 20.9. The van der Waals surface area contributed by atoms with Gasteiger partial charge in [-0.25, -0.2) is 0 Å². The van der Waals surface area contributed by atoms with Crippen LogP contribution < -0.4 is 5.32 Å². The first-order valence-electron chi connectivity index (χ1n) is 12.9. The lowest BCUT2D eigenvalue weighted by Gasteiger charge is -2.30. The minimum absolute atomic E-state index is 0.0100. The van der Waals surface area contributed by atoms with Gasteiger partial charge in [-0.1, -0.05) is 67.9 Å². The van der Waals surface area contributed by atoms with Gasteiger partial charge in [-0.2, -0.15) is 4.98 Å². The van der Waals surface area contributed by atoms with E-state index in [2.05, 4.69) is 96.6 Å². The van der Waals surface area contributed by atoms with Crippen molar-refractivity contribution in [2.75, 3.05) is 25.4 Å². The Morgan fingerprint density at radius 3 is 2.61 bits per heavy atom. The van der Waals surface area contributed by atoms with Gasteiger partial charge in [0.25, 0.3) is 0 Å². The van der Waals surface area contributed by atoms with Crippen LogP contribution in [0.1, 0.15) is 57.1 Å². The predicted octanol–water partition coefficient (Wildman–Crippen LogP) is 5.85. The Balaban J connectivity index is 1.21. The molecule has 6 nitrogen and oxygen atoms in total. The quantitative estimate of drug-likeness (QED) is 0.290. The van der Waals surface area contributed by atoms with Crippen LogP contribution in [0.5, 0.6) is 0 Å². The van der Waals surface area contributed by atoms with Crippen LogP contribution in [0, 0.1) is 12.8 Å². The number of likely N-dealkylation sites (tertiary alicyclic amines) is 1. The normalized spacial score (nSPS) is 16.7. The number of rotatable bonds is 9. The summed E-state index contributed by atoms with van der Waals surface area (Å²) in [7, 11) is 0.